The molecular formula is C15H10ClF3N4. The number of nitrogens with one attached hydrogen (secondary N) is 2. The van der Waals surface area contributed by atoms with Crippen molar-refractivity contribution in [2.24, 2.45) is 10.9 Å². The number of aliphatic imine (C=N–C) groups is 1. The number of anilines is 1. The Morgan fingerprint density at radius 3 is 2.74 bits per heavy atom. The highest BCUT2D eigenvalue weighted by Crippen LogP contribution is 2.47. The molecule has 1 aliphatic heterocycles. The third kappa shape index (κ3) is 2.80. The largest absolute Gasteiger partial charge is 0.429 e. The van der Waals surface area contributed by atoms with Crippen LogP contribution in [0.4, 0.5) is 18.9 Å². The quantitative estimate of drug-likeness (QED) is 0.433. The van der Waals surface area contributed by atoms with E-state index < -0.39 is 11.7 Å². The van der Waals surface area contributed by atoms with Crippen LogP contribution < -0.4 is 10.6 Å². The number of benzene rings is 1. The lowest BCUT2D eigenvalue weighted by molar-refractivity contribution is -0.170. The second-order valence-corrected chi connectivity index (χ2v) is 5.70. The molecule has 0 bridgehead atoms. The number of nitrogens with zero attached hydrogens (tertiary/aromatic N) is 2. The number of nitriles is 1. The van der Waals surface area contributed by atoms with E-state index in [4.69, 9.17) is 16.9 Å². The zero-order valence-electron chi connectivity index (χ0n) is 11.6. The lowest BCUT2D eigenvalue weighted by Crippen LogP contribution is -2.46. The summed E-state index contributed by atoms with van der Waals surface area (Å²) in [6.07, 6.45) is -1.63. The van der Waals surface area contributed by atoms with E-state index in [0.29, 0.717) is 0 Å². The summed E-state index contributed by atoms with van der Waals surface area (Å²) in [5.41, 5.74) is -2.76. The molecule has 0 amide bonds. The minimum atomic E-state index is -4.77. The SMILES string of the molecule is N#CNC1=NC(C#CC2CC2)(C(F)(F)F)c2cc(Cl)ccc2N1. The van der Waals surface area contributed by atoms with Crippen molar-refractivity contribution in [1.29, 1.82) is 5.26 Å². The van der Waals surface area contributed by atoms with Crippen molar-refractivity contribution >= 4 is 23.2 Å². The van der Waals surface area contributed by atoms with Gasteiger partial charge in [-0.25, -0.2) is 4.99 Å². The summed E-state index contributed by atoms with van der Waals surface area (Å²) in [6.45, 7) is 0. The zero-order valence-corrected chi connectivity index (χ0v) is 12.4. The molecule has 1 aromatic rings. The zero-order chi connectivity index (χ0) is 16.7. The van der Waals surface area contributed by atoms with Crippen LogP contribution in [0.3, 0.4) is 0 Å². The molecule has 0 saturated heterocycles. The van der Waals surface area contributed by atoms with Crippen LogP contribution in [0.5, 0.6) is 0 Å². The summed E-state index contributed by atoms with van der Waals surface area (Å²) >= 11 is 5.87. The van der Waals surface area contributed by atoms with Crippen LogP contribution in [0, 0.1) is 29.2 Å². The highest BCUT2D eigenvalue weighted by molar-refractivity contribution is 6.30. The lowest BCUT2D eigenvalue weighted by atomic mass is 9.87. The third-order valence-corrected chi connectivity index (χ3v) is 3.76. The van der Waals surface area contributed by atoms with Crippen LogP contribution >= 0.6 is 11.6 Å². The highest BCUT2D eigenvalue weighted by atomic mass is 35.5. The van der Waals surface area contributed by atoms with E-state index >= 15 is 0 Å². The molecule has 1 aliphatic carbocycles. The minimum absolute atomic E-state index is 0.0330. The molecule has 3 rings (SSSR count). The van der Waals surface area contributed by atoms with Crippen molar-refractivity contribution in [2.75, 3.05) is 5.32 Å². The van der Waals surface area contributed by atoms with Crippen LogP contribution in [-0.2, 0) is 5.54 Å². The Hall–Kier alpha value is -2.38. The van der Waals surface area contributed by atoms with Gasteiger partial charge in [0.1, 0.15) is 0 Å². The molecule has 8 heteroatoms. The van der Waals surface area contributed by atoms with Gasteiger partial charge in [-0.2, -0.15) is 18.4 Å². The Labute approximate surface area is 135 Å². The highest BCUT2D eigenvalue weighted by Gasteiger charge is 2.58. The van der Waals surface area contributed by atoms with Crippen LogP contribution in [0.1, 0.15) is 18.4 Å². The lowest BCUT2D eigenvalue weighted by Gasteiger charge is -2.33. The summed E-state index contributed by atoms with van der Waals surface area (Å²) < 4.78 is 41.7. The van der Waals surface area contributed by atoms with Gasteiger partial charge in [0, 0.05) is 22.2 Å². The van der Waals surface area contributed by atoms with Crippen LogP contribution in [-0.4, -0.2) is 12.1 Å². The maximum absolute atomic E-state index is 13.9. The second kappa shape index (κ2) is 5.36. The van der Waals surface area contributed by atoms with E-state index in [9.17, 15) is 13.2 Å². The molecule has 23 heavy (non-hydrogen) atoms. The molecule has 1 heterocycles. The van der Waals surface area contributed by atoms with E-state index in [1.165, 1.54) is 18.2 Å². The summed E-state index contributed by atoms with van der Waals surface area (Å²) in [4.78, 5) is 3.67. The fraction of sp³-hybridized carbons (Fsp3) is 0.333. The molecule has 1 saturated carbocycles. The number of rotatable bonds is 0. The van der Waals surface area contributed by atoms with Gasteiger partial charge in [0.15, 0.2) is 6.19 Å². The first-order chi connectivity index (χ1) is 10.9. The predicted octanol–water partition coefficient (Wildman–Crippen LogP) is 3.36. The molecule has 0 spiro atoms. The maximum Gasteiger partial charge on any atom is 0.429 e. The van der Waals surface area contributed by atoms with Crippen molar-refractivity contribution < 1.29 is 13.2 Å². The average molecular weight is 339 g/mol. The fourth-order valence-corrected chi connectivity index (χ4v) is 2.41. The van der Waals surface area contributed by atoms with Crippen LogP contribution in [0.25, 0.3) is 0 Å². The number of alkyl halides is 3. The summed E-state index contributed by atoms with van der Waals surface area (Å²) in [6, 6.07) is 4.06. The first-order valence-electron chi connectivity index (χ1n) is 6.77. The molecule has 118 valence electrons. The van der Waals surface area contributed by atoms with E-state index in [1.807, 2.05) is 0 Å². The Balaban J connectivity index is 2.24. The van der Waals surface area contributed by atoms with Crippen molar-refractivity contribution in [3.8, 4) is 18.0 Å². The Bertz CT molecular complexity index is 781. The standard InChI is InChI=1S/C15H10ClF3N4/c16-10-3-4-12-11(7-10)14(15(17,18)19,6-5-9-1-2-9)23-13(22-12)21-8-20/h3-4,7,9H,1-2H2,(H2,21,22,23). The number of hydrogen-bond acceptors (Lipinski definition) is 4. The van der Waals surface area contributed by atoms with Crippen molar-refractivity contribution in [1.82, 2.24) is 5.32 Å². The van der Waals surface area contributed by atoms with Gasteiger partial charge in [0.25, 0.3) is 0 Å². The smallest absolute Gasteiger partial charge is 0.325 e. The van der Waals surface area contributed by atoms with Gasteiger partial charge in [-0.1, -0.05) is 23.4 Å². The molecule has 2 aliphatic rings. The number of halogens is 4. The second-order valence-electron chi connectivity index (χ2n) is 5.26. The van der Waals surface area contributed by atoms with E-state index in [1.54, 1.807) is 6.19 Å². The fourth-order valence-electron chi connectivity index (χ4n) is 2.24. The molecule has 1 unspecified atom stereocenters. The Morgan fingerprint density at radius 1 is 1.39 bits per heavy atom. The molecular weight excluding hydrogens is 329 g/mol. The molecule has 1 aromatic carbocycles. The molecule has 1 atom stereocenters. The first kappa shape index (κ1) is 15.5. The van der Waals surface area contributed by atoms with Crippen LogP contribution in [0.2, 0.25) is 5.02 Å². The average Bonchev–Trinajstić information content (AvgIpc) is 3.28. The van der Waals surface area contributed by atoms with Gasteiger partial charge >= 0.3 is 6.18 Å². The van der Waals surface area contributed by atoms with Crippen molar-refractivity contribution in [3.63, 3.8) is 0 Å². The maximum atomic E-state index is 13.9. The Morgan fingerprint density at radius 2 is 2.13 bits per heavy atom. The summed E-state index contributed by atoms with van der Waals surface area (Å²) in [5, 5.41) is 13.6. The predicted molar refractivity (Wildman–Crippen MR) is 79.5 cm³/mol. The topological polar surface area (TPSA) is 60.2 Å². The Kier molecular flexibility index (Phi) is 3.62. The van der Waals surface area contributed by atoms with E-state index in [-0.39, 0.29) is 28.2 Å². The van der Waals surface area contributed by atoms with Gasteiger partial charge < -0.3 is 5.32 Å². The van der Waals surface area contributed by atoms with Crippen molar-refractivity contribution in [3.05, 3.63) is 28.8 Å². The molecule has 2 N–H and O–H groups in total. The number of hydrogen-bond donors (Lipinski definition) is 2. The summed E-state index contributed by atoms with van der Waals surface area (Å²) in [5.74, 6) is 4.60. The monoisotopic (exact) mass is 338 g/mol. The van der Waals surface area contributed by atoms with Gasteiger partial charge in [-0.15, -0.1) is 0 Å². The van der Waals surface area contributed by atoms with Gasteiger partial charge in [0.2, 0.25) is 11.5 Å². The van der Waals surface area contributed by atoms with Crippen LogP contribution in [0.15, 0.2) is 23.2 Å². The van der Waals surface area contributed by atoms with E-state index in [0.717, 1.165) is 12.8 Å². The molecule has 1 fully saturated rings. The molecule has 0 aromatic heterocycles. The van der Waals surface area contributed by atoms with Gasteiger partial charge in [-0.05, 0) is 31.0 Å². The van der Waals surface area contributed by atoms with Gasteiger partial charge in [-0.3, -0.25) is 5.32 Å². The molecule has 0 radical (unpaired) electrons. The first-order valence-corrected chi connectivity index (χ1v) is 7.15. The normalized spacial score (nSPS) is 22.7. The summed E-state index contributed by atoms with van der Waals surface area (Å²) in [7, 11) is 0. The van der Waals surface area contributed by atoms with Gasteiger partial charge in [0.05, 0.1) is 0 Å². The van der Waals surface area contributed by atoms with Crippen molar-refractivity contribution in [2.45, 2.75) is 24.6 Å². The number of fused-ring (bicyclic) bond motifs is 1. The molecule has 4 nitrogen and oxygen atoms in total. The van der Waals surface area contributed by atoms with E-state index in [2.05, 4.69) is 27.5 Å². The minimum Gasteiger partial charge on any atom is -0.325 e. The third-order valence-electron chi connectivity index (χ3n) is 3.52. The number of guanidine groups is 1.